The molecule has 0 radical (unpaired) electrons. The van der Waals surface area contributed by atoms with E-state index in [9.17, 15) is 9.59 Å². The summed E-state index contributed by atoms with van der Waals surface area (Å²) in [6, 6.07) is 14.7. The molecule has 0 aromatic heterocycles. The topological polar surface area (TPSA) is 52.6 Å². The van der Waals surface area contributed by atoms with E-state index in [1.165, 1.54) is 11.8 Å². The summed E-state index contributed by atoms with van der Waals surface area (Å²) in [7, 11) is 0. The van der Waals surface area contributed by atoms with Gasteiger partial charge in [-0.3, -0.25) is 0 Å². The van der Waals surface area contributed by atoms with Crippen LogP contribution in [0.2, 0.25) is 10.0 Å². The van der Waals surface area contributed by atoms with Crippen LogP contribution in [0.4, 0.5) is 0 Å². The largest absolute Gasteiger partial charge is 0.464 e. The monoisotopic (exact) mass is 452 g/mol. The number of carbonyl (C=O) groups excluding carboxylic acids is 2. The van der Waals surface area contributed by atoms with Crippen molar-refractivity contribution < 1.29 is 19.1 Å². The third kappa shape index (κ3) is 4.42. The third-order valence-electron chi connectivity index (χ3n) is 4.94. The van der Waals surface area contributed by atoms with Crippen molar-refractivity contribution in [3.63, 3.8) is 0 Å². The fraction of sp³-hybridized carbons (Fsp3) is 0.364. The number of rotatable bonds is 6. The Bertz CT molecular complexity index is 849. The van der Waals surface area contributed by atoms with Gasteiger partial charge >= 0.3 is 11.9 Å². The van der Waals surface area contributed by atoms with Gasteiger partial charge in [0.05, 0.1) is 13.2 Å². The summed E-state index contributed by atoms with van der Waals surface area (Å²) in [5.41, 5.74) is 1.84. The van der Waals surface area contributed by atoms with Gasteiger partial charge in [-0.05, 0) is 55.7 Å². The van der Waals surface area contributed by atoms with Crippen LogP contribution in [0.15, 0.2) is 48.5 Å². The number of benzene rings is 2. The molecule has 1 heterocycles. The van der Waals surface area contributed by atoms with E-state index in [1.807, 2.05) is 36.4 Å². The lowest BCUT2D eigenvalue weighted by molar-refractivity contribution is -0.159. The van der Waals surface area contributed by atoms with Crippen molar-refractivity contribution in [3.8, 4) is 0 Å². The smallest absolute Gasteiger partial charge is 0.334 e. The maximum absolute atomic E-state index is 13.2. The average Bonchev–Trinajstić information content (AvgIpc) is 3.11. The van der Waals surface area contributed by atoms with Crippen molar-refractivity contribution in [2.75, 3.05) is 13.2 Å². The van der Waals surface area contributed by atoms with E-state index >= 15 is 0 Å². The minimum absolute atomic E-state index is 0.0956. The normalized spacial score (nSPS) is 20.3. The molecular weight excluding hydrogens is 431 g/mol. The molecule has 7 heteroatoms. The molecule has 0 amide bonds. The predicted molar refractivity (Wildman–Crippen MR) is 117 cm³/mol. The van der Waals surface area contributed by atoms with E-state index in [1.54, 1.807) is 26.0 Å². The number of esters is 2. The van der Waals surface area contributed by atoms with Gasteiger partial charge in [0.2, 0.25) is 4.75 Å². The van der Waals surface area contributed by atoms with Crippen LogP contribution >= 0.6 is 35.0 Å². The number of carbonyl (C=O) groups is 2. The van der Waals surface area contributed by atoms with Crippen LogP contribution in [0, 0.1) is 0 Å². The highest BCUT2D eigenvalue weighted by molar-refractivity contribution is 8.02. The van der Waals surface area contributed by atoms with E-state index in [0.29, 0.717) is 16.5 Å². The summed E-state index contributed by atoms with van der Waals surface area (Å²) in [6.45, 7) is 3.81. The molecule has 4 nitrogen and oxygen atoms in total. The molecule has 1 aliphatic heterocycles. The van der Waals surface area contributed by atoms with Gasteiger partial charge in [0.15, 0.2) is 0 Å². The van der Waals surface area contributed by atoms with Crippen LogP contribution in [0.1, 0.15) is 42.6 Å². The lowest BCUT2D eigenvalue weighted by atomic mass is 9.81. The Labute approximate surface area is 184 Å². The van der Waals surface area contributed by atoms with Crippen LogP contribution in [-0.4, -0.2) is 29.9 Å². The summed E-state index contributed by atoms with van der Waals surface area (Å²) in [5, 5.41) is 1.13. The van der Waals surface area contributed by atoms with Crippen molar-refractivity contribution in [2.24, 2.45) is 0 Å². The molecule has 2 aromatic rings. The fourth-order valence-corrected chi connectivity index (χ4v) is 5.61. The van der Waals surface area contributed by atoms with Crippen molar-refractivity contribution in [3.05, 3.63) is 69.7 Å². The summed E-state index contributed by atoms with van der Waals surface area (Å²) in [4.78, 5) is 26.3. The van der Waals surface area contributed by atoms with Crippen molar-refractivity contribution in [1.29, 1.82) is 0 Å². The molecule has 0 bridgehead atoms. The van der Waals surface area contributed by atoms with E-state index in [-0.39, 0.29) is 18.5 Å². The van der Waals surface area contributed by atoms with E-state index < -0.39 is 22.6 Å². The summed E-state index contributed by atoms with van der Waals surface area (Å²) in [6.07, 6.45) is 0.575. The summed E-state index contributed by atoms with van der Waals surface area (Å²) < 4.78 is 9.25. The van der Waals surface area contributed by atoms with Gasteiger partial charge in [-0.25, -0.2) is 9.59 Å². The molecule has 1 aliphatic rings. The Morgan fingerprint density at radius 1 is 0.897 bits per heavy atom. The van der Waals surface area contributed by atoms with Gasteiger partial charge in [0, 0.05) is 21.2 Å². The Kier molecular flexibility index (Phi) is 7.14. The molecule has 154 valence electrons. The first-order chi connectivity index (χ1) is 13.9. The maximum atomic E-state index is 13.2. The average molecular weight is 453 g/mol. The number of thioether (sulfide) groups is 1. The van der Waals surface area contributed by atoms with E-state index in [4.69, 9.17) is 32.7 Å². The zero-order valence-electron chi connectivity index (χ0n) is 16.2. The van der Waals surface area contributed by atoms with Crippen molar-refractivity contribution >= 4 is 46.9 Å². The highest BCUT2D eigenvalue weighted by Crippen LogP contribution is 2.60. The molecule has 0 unspecified atom stereocenters. The molecular formula is C22H22Cl2O4S. The van der Waals surface area contributed by atoms with Crippen LogP contribution in [-0.2, 0) is 19.1 Å². The zero-order chi connectivity index (χ0) is 21.0. The SMILES string of the molecule is CCOC(=O)C1(C(=O)OCC)S[C@H](c2ccc(Cl)cc2)C[C@@H]1c1ccc(Cl)cc1. The van der Waals surface area contributed by atoms with Crippen molar-refractivity contribution in [1.82, 2.24) is 0 Å². The lowest BCUT2D eigenvalue weighted by Crippen LogP contribution is -2.48. The minimum atomic E-state index is -1.48. The predicted octanol–water partition coefficient (Wildman–Crippen LogP) is 5.82. The standard InChI is InChI=1S/C22H22Cl2O4S/c1-3-27-20(25)22(21(26)28-4-2)18(14-5-9-16(23)10-6-14)13-19(29-22)15-7-11-17(24)12-8-15/h5-12,18-19H,3-4,13H2,1-2H3/t18-,19+/m1/s1. The second-order valence-corrected chi connectivity index (χ2v) is 9.00. The highest BCUT2D eigenvalue weighted by Gasteiger charge is 2.62. The second-order valence-electron chi connectivity index (χ2n) is 6.67. The molecule has 3 rings (SSSR count). The molecule has 0 saturated carbocycles. The second kappa shape index (κ2) is 9.41. The van der Waals surface area contributed by atoms with Crippen LogP contribution < -0.4 is 0 Å². The Morgan fingerprint density at radius 2 is 1.34 bits per heavy atom. The van der Waals surface area contributed by atoms with Gasteiger partial charge < -0.3 is 9.47 Å². The molecule has 0 spiro atoms. The zero-order valence-corrected chi connectivity index (χ0v) is 18.5. The van der Waals surface area contributed by atoms with Crippen LogP contribution in [0.25, 0.3) is 0 Å². The van der Waals surface area contributed by atoms with E-state index in [0.717, 1.165) is 11.1 Å². The molecule has 2 atom stereocenters. The van der Waals surface area contributed by atoms with Gasteiger partial charge in [0.1, 0.15) is 0 Å². The van der Waals surface area contributed by atoms with Crippen LogP contribution in [0.5, 0.6) is 0 Å². The fourth-order valence-electron chi connectivity index (χ4n) is 3.62. The van der Waals surface area contributed by atoms with E-state index in [2.05, 4.69) is 0 Å². The number of hydrogen-bond acceptors (Lipinski definition) is 5. The third-order valence-corrected chi connectivity index (χ3v) is 7.18. The minimum Gasteiger partial charge on any atom is -0.464 e. The van der Waals surface area contributed by atoms with Gasteiger partial charge in [0.25, 0.3) is 0 Å². The highest BCUT2D eigenvalue weighted by atomic mass is 35.5. The Morgan fingerprint density at radius 3 is 1.79 bits per heavy atom. The Hall–Kier alpha value is -1.69. The summed E-state index contributed by atoms with van der Waals surface area (Å²) in [5.74, 6) is -1.55. The first-order valence-corrected chi connectivity index (χ1v) is 11.1. The molecule has 1 fully saturated rings. The van der Waals surface area contributed by atoms with Gasteiger partial charge in [-0.15, -0.1) is 11.8 Å². The van der Waals surface area contributed by atoms with Gasteiger partial charge in [-0.1, -0.05) is 47.5 Å². The molecule has 1 saturated heterocycles. The number of hydrogen-bond donors (Lipinski definition) is 0. The van der Waals surface area contributed by atoms with Gasteiger partial charge in [-0.2, -0.15) is 0 Å². The van der Waals surface area contributed by atoms with Crippen molar-refractivity contribution in [2.45, 2.75) is 36.2 Å². The molecule has 2 aromatic carbocycles. The first-order valence-electron chi connectivity index (χ1n) is 9.45. The van der Waals surface area contributed by atoms with Crippen LogP contribution in [0.3, 0.4) is 0 Å². The first kappa shape index (κ1) is 22.0. The summed E-state index contributed by atoms with van der Waals surface area (Å²) >= 11 is 13.4. The quantitative estimate of drug-likeness (QED) is 0.408. The maximum Gasteiger partial charge on any atom is 0.334 e. The Balaban J connectivity index is 2.10. The molecule has 29 heavy (non-hydrogen) atoms. The molecule has 0 aliphatic carbocycles. The lowest BCUT2D eigenvalue weighted by Gasteiger charge is -2.30. The number of ether oxygens (including phenoxy) is 2. The number of halogens is 2. The molecule has 0 N–H and O–H groups in total.